The molecule has 51 heavy (non-hydrogen) atoms. The van der Waals surface area contributed by atoms with Crippen LogP contribution in [0.5, 0.6) is 11.5 Å². The van der Waals surface area contributed by atoms with E-state index in [1.54, 1.807) is 7.11 Å². The number of benzene rings is 4. The molecule has 4 aromatic carbocycles. The second-order valence-electron chi connectivity index (χ2n) is 14.5. The lowest BCUT2D eigenvalue weighted by molar-refractivity contribution is -0.151. The number of ether oxygens (including phenoxy) is 4. The second kappa shape index (κ2) is 17.2. The number of fused-ring (bicyclic) bond motifs is 3. The third-order valence-electron chi connectivity index (χ3n) is 11.1. The molecule has 6 rings (SSSR count). The maximum atomic E-state index is 13.5. The van der Waals surface area contributed by atoms with Gasteiger partial charge < -0.3 is 24.1 Å². The van der Waals surface area contributed by atoms with Gasteiger partial charge in [-0.2, -0.15) is 0 Å². The first-order valence-electron chi connectivity index (χ1n) is 18.7. The SMILES string of the molecule is CCCCC[C@@H](CC[C@@H]1[C@H]2Cc3cccc(OCC(=O)OCc4ccccc4)c3C[C@H]2C[C@H]1O)OC(=O)[C@@H](C)c1ccc2cc(OC)ccc2c1. The van der Waals surface area contributed by atoms with Crippen molar-refractivity contribution >= 4 is 22.7 Å². The Hall–Kier alpha value is -4.36. The highest BCUT2D eigenvalue weighted by molar-refractivity contribution is 5.86. The van der Waals surface area contributed by atoms with Crippen LogP contribution in [0.4, 0.5) is 0 Å². The Bertz CT molecular complexity index is 1770. The van der Waals surface area contributed by atoms with Crippen LogP contribution in [0.3, 0.4) is 0 Å². The summed E-state index contributed by atoms with van der Waals surface area (Å²) in [5.41, 5.74) is 4.23. The van der Waals surface area contributed by atoms with Gasteiger partial charge in [0.25, 0.3) is 0 Å². The van der Waals surface area contributed by atoms with Crippen LogP contribution in [0.1, 0.15) is 87.0 Å². The fourth-order valence-electron chi connectivity index (χ4n) is 8.16. The first-order valence-corrected chi connectivity index (χ1v) is 18.7. The van der Waals surface area contributed by atoms with E-state index in [1.807, 2.05) is 79.7 Å². The van der Waals surface area contributed by atoms with Crippen molar-refractivity contribution in [3.8, 4) is 11.5 Å². The fourth-order valence-corrected chi connectivity index (χ4v) is 8.16. The fraction of sp³-hybridized carbons (Fsp3) is 0.455. The zero-order valence-electron chi connectivity index (χ0n) is 30.2. The number of carbonyl (C=O) groups is 2. The number of unbranched alkanes of at least 4 members (excludes halogenated alkanes) is 2. The van der Waals surface area contributed by atoms with Crippen molar-refractivity contribution < 1.29 is 33.6 Å². The summed E-state index contributed by atoms with van der Waals surface area (Å²) < 4.78 is 23.1. The zero-order valence-corrected chi connectivity index (χ0v) is 30.2. The highest BCUT2D eigenvalue weighted by atomic mass is 16.6. The first kappa shape index (κ1) is 36.4. The number of esters is 2. The maximum absolute atomic E-state index is 13.5. The molecule has 270 valence electrons. The molecule has 0 unspecified atom stereocenters. The lowest BCUT2D eigenvalue weighted by Gasteiger charge is -2.33. The molecule has 2 aliphatic rings. The van der Waals surface area contributed by atoms with Crippen LogP contribution in [-0.4, -0.2) is 43.0 Å². The number of hydrogen-bond donors (Lipinski definition) is 1. The van der Waals surface area contributed by atoms with E-state index in [1.165, 1.54) is 5.56 Å². The Morgan fingerprint density at radius 2 is 1.71 bits per heavy atom. The van der Waals surface area contributed by atoms with Gasteiger partial charge >= 0.3 is 11.9 Å². The number of carbonyl (C=O) groups excluding carboxylic acids is 2. The third kappa shape index (κ3) is 9.12. The molecular formula is C44H52O7. The van der Waals surface area contributed by atoms with Crippen LogP contribution in [0.25, 0.3) is 10.8 Å². The Kier molecular flexibility index (Phi) is 12.3. The predicted molar refractivity (Wildman–Crippen MR) is 199 cm³/mol. The van der Waals surface area contributed by atoms with Crippen molar-refractivity contribution in [1.82, 2.24) is 0 Å². The monoisotopic (exact) mass is 692 g/mol. The largest absolute Gasteiger partial charge is 0.497 e. The molecule has 0 radical (unpaired) electrons. The molecule has 0 spiro atoms. The second-order valence-corrected chi connectivity index (χ2v) is 14.5. The van der Waals surface area contributed by atoms with Gasteiger partial charge in [0.2, 0.25) is 0 Å². The highest BCUT2D eigenvalue weighted by Crippen LogP contribution is 2.48. The first-order chi connectivity index (χ1) is 24.8. The van der Waals surface area contributed by atoms with Crippen LogP contribution < -0.4 is 9.47 Å². The van der Waals surface area contributed by atoms with Crippen molar-refractivity contribution in [2.45, 2.75) is 96.4 Å². The van der Waals surface area contributed by atoms with Crippen molar-refractivity contribution in [2.75, 3.05) is 13.7 Å². The molecule has 0 bridgehead atoms. The molecule has 0 aliphatic heterocycles. The van der Waals surface area contributed by atoms with Gasteiger partial charge in [0.05, 0.1) is 19.1 Å². The van der Waals surface area contributed by atoms with E-state index in [0.29, 0.717) is 11.8 Å². The zero-order chi connectivity index (χ0) is 35.7. The van der Waals surface area contributed by atoms with Crippen molar-refractivity contribution in [2.24, 2.45) is 17.8 Å². The Morgan fingerprint density at radius 1 is 0.902 bits per heavy atom. The number of aliphatic hydroxyl groups is 1. The van der Waals surface area contributed by atoms with Crippen LogP contribution in [-0.2, 0) is 38.5 Å². The summed E-state index contributed by atoms with van der Waals surface area (Å²) in [7, 11) is 1.66. The summed E-state index contributed by atoms with van der Waals surface area (Å²) in [5, 5.41) is 13.5. The van der Waals surface area contributed by atoms with E-state index in [4.69, 9.17) is 18.9 Å². The molecule has 0 amide bonds. The number of methoxy groups -OCH3 is 1. The van der Waals surface area contributed by atoms with Gasteiger partial charge in [-0.3, -0.25) is 4.79 Å². The smallest absolute Gasteiger partial charge is 0.344 e. The Morgan fingerprint density at radius 3 is 2.51 bits per heavy atom. The van der Waals surface area contributed by atoms with Crippen LogP contribution in [0.2, 0.25) is 0 Å². The van der Waals surface area contributed by atoms with E-state index >= 15 is 0 Å². The van der Waals surface area contributed by atoms with Crippen molar-refractivity contribution in [3.63, 3.8) is 0 Å². The van der Waals surface area contributed by atoms with E-state index in [2.05, 4.69) is 19.1 Å². The molecule has 7 nitrogen and oxygen atoms in total. The molecule has 0 saturated heterocycles. The van der Waals surface area contributed by atoms with Crippen molar-refractivity contribution in [1.29, 1.82) is 0 Å². The van der Waals surface area contributed by atoms with E-state index in [-0.39, 0.29) is 37.1 Å². The van der Waals surface area contributed by atoms with Gasteiger partial charge in [0.1, 0.15) is 24.2 Å². The van der Waals surface area contributed by atoms with Crippen LogP contribution in [0, 0.1) is 17.8 Å². The summed E-state index contributed by atoms with van der Waals surface area (Å²) in [6, 6.07) is 27.7. The van der Waals surface area contributed by atoms with Crippen LogP contribution in [0.15, 0.2) is 84.9 Å². The topological polar surface area (TPSA) is 91.3 Å². The average molecular weight is 693 g/mol. The summed E-state index contributed by atoms with van der Waals surface area (Å²) in [6.07, 6.45) is 7.44. The summed E-state index contributed by atoms with van der Waals surface area (Å²) in [5.74, 6) is 1.37. The maximum Gasteiger partial charge on any atom is 0.344 e. The third-order valence-corrected chi connectivity index (χ3v) is 11.1. The van der Waals surface area contributed by atoms with Crippen LogP contribution >= 0.6 is 0 Å². The molecule has 1 N–H and O–H groups in total. The molecule has 2 aliphatic carbocycles. The lowest BCUT2D eigenvalue weighted by Crippen LogP contribution is -2.29. The minimum absolute atomic E-state index is 0.142. The Balaban J connectivity index is 1.06. The minimum atomic E-state index is -0.400. The quantitative estimate of drug-likeness (QED) is 0.0928. The van der Waals surface area contributed by atoms with E-state index in [9.17, 15) is 14.7 Å². The molecule has 0 heterocycles. The van der Waals surface area contributed by atoms with Gasteiger partial charge in [-0.05, 0) is 121 Å². The molecular weight excluding hydrogens is 640 g/mol. The van der Waals surface area contributed by atoms with Gasteiger partial charge in [0.15, 0.2) is 6.61 Å². The van der Waals surface area contributed by atoms with Crippen molar-refractivity contribution in [3.05, 3.63) is 107 Å². The van der Waals surface area contributed by atoms with E-state index in [0.717, 1.165) is 96.7 Å². The normalized spacial score (nSPS) is 20.5. The molecule has 6 atom stereocenters. The number of hydrogen-bond acceptors (Lipinski definition) is 7. The molecule has 1 fully saturated rings. The summed E-state index contributed by atoms with van der Waals surface area (Å²) >= 11 is 0. The van der Waals surface area contributed by atoms with E-state index < -0.39 is 12.1 Å². The number of rotatable bonds is 16. The molecule has 1 saturated carbocycles. The Labute approximate surface area is 302 Å². The minimum Gasteiger partial charge on any atom is -0.497 e. The van der Waals surface area contributed by atoms with Gasteiger partial charge in [0, 0.05) is 0 Å². The molecule has 7 heteroatoms. The predicted octanol–water partition coefficient (Wildman–Crippen LogP) is 8.76. The highest BCUT2D eigenvalue weighted by Gasteiger charge is 2.45. The summed E-state index contributed by atoms with van der Waals surface area (Å²) in [6.45, 7) is 4.18. The van der Waals surface area contributed by atoms with Gasteiger partial charge in [-0.25, -0.2) is 4.79 Å². The van der Waals surface area contributed by atoms with Gasteiger partial charge in [-0.15, -0.1) is 0 Å². The molecule has 4 aromatic rings. The number of aliphatic hydroxyl groups excluding tert-OH is 1. The van der Waals surface area contributed by atoms with Gasteiger partial charge in [-0.1, -0.05) is 86.5 Å². The average Bonchev–Trinajstić information content (AvgIpc) is 3.46. The standard InChI is InChI=1S/C44H52O7/c1-4-5-7-14-36(51-44(47)29(2)31-16-17-33-23-37(48-3)19-18-32(33)22-31)20-21-38-39-24-34-13-10-15-42(40(34)25-35(39)26-41(38)45)49-28-43(46)50-27-30-11-8-6-9-12-30/h6,8-13,15-19,22-23,29,35-36,38-39,41,45H,4-5,7,14,20-21,24-28H2,1-3H3/t29-,35-,36-,38+,39-,41+/m0/s1. The molecule has 0 aromatic heterocycles. The summed E-state index contributed by atoms with van der Waals surface area (Å²) in [4.78, 5) is 26.0. The lowest BCUT2D eigenvalue weighted by atomic mass is 9.73.